The van der Waals surface area contributed by atoms with Crippen molar-refractivity contribution >= 4 is 17.2 Å². The molecule has 0 aliphatic carbocycles. The number of aliphatic hydroxyl groups is 1. The van der Waals surface area contributed by atoms with Gasteiger partial charge in [0.1, 0.15) is 17.1 Å². The Labute approximate surface area is 136 Å². The number of hydrogen-bond donors (Lipinski definition) is 1. The van der Waals surface area contributed by atoms with Gasteiger partial charge in [0.2, 0.25) is 5.72 Å². The summed E-state index contributed by atoms with van der Waals surface area (Å²) in [7, 11) is 1.66. The molecule has 0 unspecified atom stereocenters. The zero-order valence-corrected chi connectivity index (χ0v) is 13.5. The summed E-state index contributed by atoms with van der Waals surface area (Å²) >= 11 is 0. The molecule has 0 saturated heterocycles. The van der Waals surface area contributed by atoms with Crippen LogP contribution in [-0.2, 0) is 6.42 Å². The number of methoxy groups -OCH3 is 1. The van der Waals surface area contributed by atoms with Crippen LogP contribution in [0.1, 0.15) is 18.9 Å². The Morgan fingerprint density at radius 3 is 2.57 bits per heavy atom. The number of hydrogen-bond acceptors (Lipinski definition) is 3. The second-order valence-corrected chi connectivity index (χ2v) is 6.38. The zero-order valence-electron chi connectivity index (χ0n) is 13.5. The van der Waals surface area contributed by atoms with Gasteiger partial charge >= 0.3 is 0 Å². The predicted molar refractivity (Wildman–Crippen MR) is 90.7 cm³/mol. The fraction of sp³-hybridized carbons (Fsp3) is 0.316. The van der Waals surface area contributed by atoms with E-state index in [1.807, 2.05) is 31.2 Å². The molecule has 1 atom stereocenters. The van der Waals surface area contributed by atoms with Crippen molar-refractivity contribution in [2.24, 2.45) is 0 Å². The number of para-hydroxylation sites is 1. The molecule has 23 heavy (non-hydrogen) atoms. The molecule has 2 aromatic rings. The van der Waals surface area contributed by atoms with Crippen LogP contribution in [0, 0.1) is 0 Å². The molecule has 2 aromatic carbocycles. The van der Waals surface area contributed by atoms with Gasteiger partial charge in [-0.1, -0.05) is 18.2 Å². The predicted octanol–water partition coefficient (Wildman–Crippen LogP) is 2.91. The van der Waals surface area contributed by atoms with Crippen LogP contribution < -0.4 is 9.64 Å². The second-order valence-electron chi connectivity index (χ2n) is 6.38. The number of benzene rings is 2. The lowest BCUT2D eigenvalue weighted by Crippen LogP contribution is -2.47. The molecule has 4 nitrogen and oxygen atoms in total. The summed E-state index contributed by atoms with van der Waals surface area (Å²) in [6.45, 7) is 2.45. The Kier molecular flexibility index (Phi) is 3.16. The maximum atomic E-state index is 11.0. The van der Waals surface area contributed by atoms with E-state index in [2.05, 4.69) is 33.7 Å². The molecular formula is C19H21N2O2+. The Balaban J connectivity index is 1.81. The van der Waals surface area contributed by atoms with Gasteiger partial charge in [-0.25, -0.2) is 4.58 Å². The summed E-state index contributed by atoms with van der Waals surface area (Å²) in [5.41, 5.74) is 2.63. The molecule has 0 spiro atoms. The first-order valence-corrected chi connectivity index (χ1v) is 7.98. The molecule has 0 bridgehead atoms. The quantitative estimate of drug-likeness (QED) is 0.867. The van der Waals surface area contributed by atoms with Crippen LogP contribution in [0.15, 0.2) is 48.5 Å². The fourth-order valence-electron chi connectivity index (χ4n) is 3.72. The van der Waals surface area contributed by atoms with Crippen molar-refractivity contribution in [3.05, 3.63) is 54.1 Å². The minimum absolute atomic E-state index is 0.575. The standard InChI is InChI=1S/C19H21N2O2/c1-19(22)13-20-17-6-4-3-5-14(17)7-12-18(20)21(19)15-8-10-16(23-2)11-9-15/h3-6,8-11,22H,7,12-13H2,1-2H3/q+1/t19-/m0/s1. The topological polar surface area (TPSA) is 35.7 Å². The van der Waals surface area contributed by atoms with Gasteiger partial charge in [-0.05, 0) is 42.3 Å². The number of amidine groups is 1. The number of rotatable bonds is 2. The van der Waals surface area contributed by atoms with Crippen LogP contribution in [0.4, 0.5) is 11.4 Å². The molecule has 0 radical (unpaired) electrons. The third kappa shape index (κ3) is 2.21. The van der Waals surface area contributed by atoms with E-state index in [1.54, 1.807) is 7.11 Å². The minimum Gasteiger partial charge on any atom is -0.497 e. The van der Waals surface area contributed by atoms with Gasteiger partial charge in [0.05, 0.1) is 13.5 Å². The van der Waals surface area contributed by atoms with E-state index < -0.39 is 5.72 Å². The summed E-state index contributed by atoms with van der Waals surface area (Å²) in [4.78, 5) is 2.06. The minimum atomic E-state index is -0.929. The molecule has 0 saturated carbocycles. The summed E-state index contributed by atoms with van der Waals surface area (Å²) in [5, 5.41) is 11.0. The van der Waals surface area contributed by atoms with Gasteiger partial charge < -0.3 is 9.84 Å². The Morgan fingerprint density at radius 1 is 1.09 bits per heavy atom. The van der Waals surface area contributed by atoms with Crippen molar-refractivity contribution in [1.82, 2.24) is 0 Å². The molecule has 118 valence electrons. The van der Waals surface area contributed by atoms with E-state index in [-0.39, 0.29) is 0 Å². The van der Waals surface area contributed by atoms with Gasteiger partial charge in [0, 0.05) is 6.92 Å². The molecular weight excluding hydrogens is 288 g/mol. The molecule has 4 rings (SSSR count). The molecule has 1 N–H and O–H groups in total. The number of anilines is 1. The van der Waals surface area contributed by atoms with Gasteiger partial charge in [-0.2, -0.15) is 4.90 Å². The molecule has 0 aromatic heterocycles. The summed E-state index contributed by atoms with van der Waals surface area (Å²) in [6, 6.07) is 16.3. The van der Waals surface area contributed by atoms with Crippen LogP contribution in [-0.4, -0.2) is 34.9 Å². The van der Waals surface area contributed by atoms with E-state index in [0.717, 1.165) is 24.3 Å². The Hall–Kier alpha value is -2.33. The van der Waals surface area contributed by atoms with Crippen molar-refractivity contribution in [1.29, 1.82) is 0 Å². The fourth-order valence-corrected chi connectivity index (χ4v) is 3.72. The van der Waals surface area contributed by atoms with Crippen molar-refractivity contribution in [2.75, 3.05) is 18.6 Å². The summed E-state index contributed by atoms with van der Waals surface area (Å²) < 4.78 is 7.49. The lowest BCUT2D eigenvalue weighted by Gasteiger charge is -2.25. The van der Waals surface area contributed by atoms with E-state index in [9.17, 15) is 5.11 Å². The first-order valence-electron chi connectivity index (χ1n) is 7.98. The van der Waals surface area contributed by atoms with E-state index in [0.29, 0.717) is 6.54 Å². The van der Waals surface area contributed by atoms with Gasteiger partial charge in [-0.15, -0.1) is 0 Å². The van der Waals surface area contributed by atoms with E-state index >= 15 is 0 Å². The zero-order chi connectivity index (χ0) is 16.0. The second kappa shape index (κ2) is 5.10. The van der Waals surface area contributed by atoms with Crippen LogP contribution in [0.25, 0.3) is 0 Å². The first-order chi connectivity index (χ1) is 11.1. The number of ether oxygens (including phenoxy) is 1. The number of aryl methyl sites for hydroxylation is 1. The molecule has 4 heteroatoms. The molecule has 0 fully saturated rings. The maximum Gasteiger partial charge on any atom is 0.260 e. The highest BCUT2D eigenvalue weighted by atomic mass is 16.5. The normalized spacial score (nSPS) is 22.8. The van der Waals surface area contributed by atoms with Crippen molar-refractivity contribution < 1.29 is 14.4 Å². The van der Waals surface area contributed by atoms with Crippen LogP contribution in [0.5, 0.6) is 5.75 Å². The van der Waals surface area contributed by atoms with Gasteiger partial charge in [0.25, 0.3) is 5.84 Å². The van der Waals surface area contributed by atoms with Gasteiger partial charge in [0.15, 0.2) is 6.54 Å². The highest BCUT2D eigenvalue weighted by Gasteiger charge is 2.51. The van der Waals surface area contributed by atoms with Gasteiger partial charge in [-0.3, -0.25) is 0 Å². The first kappa shape index (κ1) is 14.3. The highest BCUT2D eigenvalue weighted by molar-refractivity contribution is 5.98. The smallest absolute Gasteiger partial charge is 0.260 e. The monoisotopic (exact) mass is 309 g/mol. The Morgan fingerprint density at radius 2 is 1.83 bits per heavy atom. The number of fused-ring (bicyclic) bond motifs is 2. The third-order valence-corrected chi connectivity index (χ3v) is 4.74. The van der Waals surface area contributed by atoms with Crippen molar-refractivity contribution in [3.63, 3.8) is 0 Å². The van der Waals surface area contributed by atoms with Crippen LogP contribution >= 0.6 is 0 Å². The average Bonchev–Trinajstić information content (AvgIpc) is 2.85. The average molecular weight is 309 g/mol. The largest absolute Gasteiger partial charge is 0.497 e. The maximum absolute atomic E-state index is 11.0. The van der Waals surface area contributed by atoms with E-state index in [4.69, 9.17) is 4.74 Å². The number of nitrogens with zero attached hydrogens (tertiary/aromatic N) is 2. The lowest BCUT2D eigenvalue weighted by molar-refractivity contribution is -0.450. The van der Waals surface area contributed by atoms with Crippen molar-refractivity contribution in [2.45, 2.75) is 25.5 Å². The summed E-state index contributed by atoms with van der Waals surface area (Å²) in [5.74, 6) is 1.99. The molecule has 2 heterocycles. The highest BCUT2D eigenvalue weighted by Crippen LogP contribution is 2.37. The molecule has 2 aliphatic rings. The van der Waals surface area contributed by atoms with Crippen molar-refractivity contribution in [3.8, 4) is 5.75 Å². The third-order valence-electron chi connectivity index (χ3n) is 4.74. The summed E-state index contributed by atoms with van der Waals surface area (Å²) in [6.07, 6.45) is 1.93. The van der Waals surface area contributed by atoms with Crippen LogP contribution in [0.2, 0.25) is 0 Å². The Bertz CT molecular complexity index is 778. The van der Waals surface area contributed by atoms with Crippen LogP contribution in [0.3, 0.4) is 0 Å². The van der Waals surface area contributed by atoms with E-state index in [1.165, 1.54) is 17.1 Å². The SMILES string of the molecule is COc1ccc(N2C3=[N+](C[C@]2(C)O)c2ccccc2CC3)cc1. The molecule has 2 aliphatic heterocycles. The molecule has 0 amide bonds. The lowest BCUT2D eigenvalue weighted by atomic mass is 10.0.